The number of nitrogens with zero attached hydrogens (tertiary/aromatic N) is 2. The molecule has 0 saturated heterocycles. The lowest BCUT2D eigenvalue weighted by Crippen LogP contribution is -2.34. The van der Waals surface area contributed by atoms with Crippen molar-refractivity contribution in [3.8, 4) is 0 Å². The van der Waals surface area contributed by atoms with Crippen LogP contribution < -0.4 is 5.32 Å². The summed E-state index contributed by atoms with van der Waals surface area (Å²) in [6.45, 7) is 3.00. The normalized spacial score (nSPS) is 10.3. The first-order chi connectivity index (χ1) is 14.5. The number of likely N-dealkylation sites (N-methyl/N-ethyl adjacent to an activating group) is 1. The Labute approximate surface area is 174 Å². The van der Waals surface area contributed by atoms with E-state index < -0.39 is 17.5 Å². The Morgan fingerprint density at radius 1 is 1.17 bits per heavy atom. The second-order valence-electron chi connectivity index (χ2n) is 6.38. The van der Waals surface area contributed by atoms with Gasteiger partial charge in [0.2, 0.25) is 0 Å². The summed E-state index contributed by atoms with van der Waals surface area (Å²) in [4.78, 5) is 37.1. The van der Waals surface area contributed by atoms with E-state index in [-0.39, 0.29) is 17.2 Å². The van der Waals surface area contributed by atoms with Crippen LogP contribution in [0.5, 0.6) is 0 Å². The first kappa shape index (κ1) is 22.8. The molecule has 1 N–H and O–H groups in total. The molecular formula is C21H25N3O6. The van der Waals surface area contributed by atoms with Crippen molar-refractivity contribution in [3.05, 3.63) is 69.8 Å². The van der Waals surface area contributed by atoms with E-state index in [4.69, 9.17) is 9.47 Å². The Hall–Kier alpha value is -3.46. The van der Waals surface area contributed by atoms with Crippen LogP contribution in [-0.2, 0) is 20.8 Å². The molecule has 1 amide bonds. The van der Waals surface area contributed by atoms with Crippen molar-refractivity contribution >= 4 is 23.3 Å². The number of methoxy groups -OCH3 is 1. The SMILES string of the molecule is CCN(Cc1ccccc1)C(=O)COC(=O)c1cc([N+](=O)[O-])ccc1NCCOC. The molecule has 2 aromatic rings. The van der Waals surface area contributed by atoms with E-state index in [1.165, 1.54) is 19.2 Å². The molecule has 0 bridgehead atoms. The number of hydrogen-bond donors (Lipinski definition) is 1. The lowest BCUT2D eigenvalue weighted by molar-refractivity contribution is -0.384. The van der Waals surface area contributed by atoms with E-state index in [9.17, 15) is 19.7 Å². The maximum atomic E-state index is 12.6. The van der Waals surface area contributed by atoms with E-state index in [1.807, 2.05) is 37.3 Å². The average Bonchev–Trinajstić information content (AvgIpc) is 2.76. The minimum absolute atomic E-state index is 0.0146. The highest BCUT2D eigenvalue weighted by molar-refractivity contribution is 5.97. The van der Waals surface area contributed by atoms with E-state index in [0.717, 1.165) is 11.6 Å². The number of nitrogens with one attached hydrogen (secondary N) is 1. The number of nitro groups is 1. The summed E-state index contributed by atoms with van der Waals surface area (Å²) in [7, 11) is 1.53. The number of carbonyl (C=O) groups excluding carboxylic acids is 2. The zero-order chi connectivity index (χ0) is 21.9. The third-order valence-electron chi connectivity index (χ3n) is 4.33. The highest BCUT2D eigenvalue weighted by atomic mass is 16.6. The predicted octanol–water partition coefficient (Wildman–Crippen LogP) is 2.86. The summed E-state index contributed by atoms with van der Waals surface area (Å²) in [5.41, 5.74) is 1.07. The van der Waals surface area contributed by atoms with Crippen molar-refractivity contribution in [3.63, 3.8) is 0 Å². The fourth-order valence-corrected chi connectivity index (χ4v) is 2.73. The molecule has 0 atom stereocenters. The van der Waals surface area contributed by atoms with E-state index in [0.29, 0.717) is 31.9 Å². The second-order valence-corrected chi connectivity index (χ2v) is 6.38. The topological polar surface area (TPSA) is 111 Å². The summed E-state index contributed by atoms with van der Waals surface area (Å²) in [5.74, 6) is -1.17. The van der Waals surface area contributed by atoms with Crippen LogP contribution in [0.15, 0.2) is 48.5 Å². The molecule has 0 aliphatic heterocycles. The van der Waals surface area contributed by atoms with Gasteiger partial charge in [0.1, 0.15) is 0 Å². The van der Waals surface area contributed by atoms with Crippen LogP contribution in [0.3, 0.4) is 0 Å². The number of ether oxygens (including phenoxy) is 2. The maximum absolute atomic E-state index is 12.6. The van der Waals surface area contributed by atoms with Crippen molar-refractivity contribution in [2.24, 2.45) is 0 Å². The molecule has 0 spiro atoms. The van der Waals surface area contributed by atoms with E-state index in [1.54, 1.807) is 4.90 Å². The molecule has 0 radical (unpaired) electrons. The van der Waals surface area contributed by atoms with Gasteiger partial charge in [0.05, 0.1) is 17.1 Å². The van der Waals surface area contributed by atoms with Gasteiger partial charge in [0.15, 0.2) is 6.61 Å². The molecule has 160 valence electrons. The number of benzene rings is 2. The molecule has 9 heteroatoms. The molecule has 9 nitrogen and oxygen atoms in total. The molecule has 0 saturated carbocycles. The van der Waals surface area contributed by atoms with Gasteiger partial charge in [-0.2, -0.15) is 0 Å². The summed E-state index contributed by atoms with van der Waals surface area (Å²) < 4.78 is 10.1. The molecule has 0 fully saturated rings. The van der Waals surface area contributed by atoms with Crippen LogP contribution in [-0.4, -0.2) is 55.1 Å². The minimum Gasteiger partial charge on any atom is -0.452 e. The van der Waals surface area contributed by atoms with E-state index >= 15 is 0 Å². The Bertz CT molecular complexity index is 872. The molecule has 0 aliphatic carbocycles. The van der Waals surface area contributed by atoms with Crippen molar-refractivity contribution in [2.45, 2.75) is 13.5 Å². The second kappa shape index (κ2) is 11.5. The van der Waals surface area contributed by atoms with Gasteiger partial charge in [0, 0.05) is 44.6 Å². The highest BCUT2D eigenvalue weighted by Gasteiger charge is 2.20. The van der Waals surface area contributed by atoms with Gasteiger partial charge in [-0.15, -0.1) is 0 Å². The molecule has 0 aromatic heterocycles. The number of hydrogen-bond acceptors (Lipinski definition) is 7. The zero-order valence-electron chi connectivity index (χ0n) is 17.0. The highest BCUT2D eigenvalue weighted by Crippen LogP contribution is 2.23. The molecule has 30 heavy (non-hydrogen) atoms. The van der Waals surface area contributed by atoms with Crippen LogP contribution in [0, 0.1) is 10.1 Å². The number of nitro benzene ring substituents is 1. The molecule has 0 unspecified atom stereocenters. The smallest absolute Gasteiger partial charge is 0.341 e. The Kier molecular flexibility index (Phi) is 8.76. The Morgan fingerprint density at radius 3 is 2.53 bits per heavy atom. The molecule has 0 aliphatic rings. The summed E-state index contributed by atoms with van der Waals surface area (Å²) >= 11 is 0. The van der Waals surface area contributed by atoms with Crippen molar-refractivity contribution in [2.75, 3.05) is 38.7 Å². The van der Waals surface area contributed by atoms with Crippen LogP contribution in [0.1, 0.15) is 22.8 Å². The summed E-state index contributed by atoms with van der Waals surface area (Å²) in [5, 5.41) is 14.0. The third kappa shape index (κ3) is 6.56. The fraction of sp³-hybridized carbons (Fsp3) is 0.333. The van der Waals surface area contributed by atoms with Gasteiger partial charge in [0.25, 0.3) is 11.6 Å². The number of non-ortho nitro benzene ring substituents is 1. The zero-order valence-corrected chi connectivity index (χ0v) is 17.0. The van der Waals surface area contributed by atoms with Crippen LogP contribution in [0.4, 0.5) is 11.4 Å². The van der Waals surface area contributed by atoms with Crippen LogP contribution >= 0.6 is 0 Å². The number of carbonyl (C=O) groups is 2. The standard InChI is InChI=1S/C21H25N3O6/c1-3-23(14-16-7-5-4-6-8-16)20(25)15-30-21(26)18-13-17(24(27)28)9-10-19(18)22-11-12-29-2/h4-10,13,22H,3,11-12,14-15H2,1-2H3. The van der Waals surface area contributed by atoms with Gasteiger partial charge >= 0.3 is 5.97 Å². The quantitative estimate of drug-likeness (QED) is 0.260. The van der Waals surface area contributed by atoms with Crippen molar-refractivity contribution < 1.29 is 24.0 Å². The Morgan fingerprint density at radius 2 is 1.90 bits per heavy atom. The molecule has 2 rings (SSSR count). The van der Waals surface area contributed by atoms with Crippen molar-refractivity contribution in [1.29, 1.82) is 0 Å². The fourth-order valence-electron chi connectivity index (χ4n) is 2.73. The predicted molar refractivity (Wildman–Crippen MR) is 111 cm³/mol. The van der Waals surface area contributed by atoms with Gasteiger partial charge < -0.3 is 19.7 Å². The third-order valence-corrected chi connectivity index (χ3v) is 4.33. The lowest BCUT2D eigenvalue weighted by atomic mass is 10.1. The summed E-state index contributed by atoms with van der Waals surface area (Å²) in [6.07, 6.45) is 0. The summed E-state index contributed by atoms with van der Waals surface area (Å²) in [6, 6.07) is 13.3. The number of amides is 1. The van der Waals surface area contributed by atoms with Gasteiger partial charge in [-0.25, -0.2) is 4.79 Å². The van der Waals surface area contributed by atoms with Crippen LogP contribution in [0.25, 0.3) is 0 Å². The van der Waals surface area contributed by atoms with Gasteiger partial charge in [-0.05, 0) is 18.6 Å². The lowest BCUT2D eigenvalue weighted by Gasteiger charge is -2.21. The molecular weight excluding hydrogens is 390 g/mol. The largest absolute Gasteiger partial charge is 0.452 e. The van der Waals surface area contributed by atoms with Gasteiger partial charge in [-0.3, -0.25) is 14.9 Å². The molecule has 2 aromatic carbocycles. The first-order valence-electron chi connectivity index (χ1n) is 9.46. The van der Waals surface area contributed by atoms with E-state index in [2.05, 4.69) is 5.32 Å². The van der Waals surface area contributed by atoms with Gasteiger partial charge in [-0.1, -0.05) is 30.3 Å². The average molecular weight is 415 g/mol. The number of rotatable bonds is 11. The van der Waals surface area contributed by atoms with Crippen molar-refractivity contribution in [1.82, 2.24) is 4.90 Å². The minimum atomic E-state index is -0.817. The van der Waals surface area contributed by atoms with Crippen LogP contribution in [0.2, 0.25) is 0 Å². The maximum Gasteiger partial charge on any atom is 0.341 e. The monoisotopic (exact) mass is 415 g/mol. The number of anilines is 1. The first-order valence-corrected chi connectivity index (χ1v) is 9.46. The number of esters is 1. The molecule has 0 heterocycles. The Balaban J connectivity index is 2.06.